The molecule has 0 amide bonds. The number of para-hydroxylation sites is 1. The molecule has 0 N–H and O–H groups in total. The Kier molecular flexibility index (Phi) is 3.31. The number of pyridine rings is 1. The number of nitriles is 2. The highest BCUT2D eigenvalue weighted by atomic mass is 16.3. The van der Waals surface area contributed by atoms with Gasteiger partial charge in [-0.05, 0) is 37.3 Å². The van der Waals surface area contributed by atoms with Gasteiger partial charge in [0.15, 0.2) is 5.58 Å². The first-order valence-corrected chi connectivity index (χ1v) is 8.90. The van der Waals surface area contributed by atoms with Crippen LogP contribution in [-0.2, 0) is 0 Å². The Morgan fingerprint density at radius 3 is 2.64 bits per heavy atom. The van der Waals surface area contributed by atoms with Crippen LogP contribution in [0.15, 0.2) is 53.1 Å². The third-order valence-corrected chi connectivity index (χ3v) is 5.40. The minimum atomic E-state index is -0.0529. The van der Waals surface area contributed by atoms with Gasteiger partial charge in [0.1, 0.15) is 12.2 Å². The number of hydrogen-bond acceptors (Lipinski definition) is 6. The molecule has 3 heterocycles. The van der Waals surface area contributed by atoms with E-state index in [1.165, 1.54) is 0 Å². The second kappa shape index (κ2) is 5.73. The fourth-order valence-corrected chi connectivity index (χ4v) is 4.02. The fraction of sp³-hybridized carbons (Fsp3) is 0.136. The van der Waals surface area contributed by atoms with Crippen LogP contribution in [0.3, 0.4) is 0 Å². The molecule has 0 aliphatic carbocycles. The summed E-state index contributed by atoms with van der Waals surface area (Å²) in [5.74, 6) is 0. The maximum Gasteiger partial charge on any atom is 0.227 e. The second-order valence-electron chi connectivity index (χ2n) is 6.84. The Morgan fingerprint density at radius 2 is 1.86 bits per heavy atom. The molecule has 2 aromatic carbocycles. The first kappa shape index (κ1) is 16.2. The lowest BCUT2D eigenvalue weighted by atomic mass is 10.1. The molecule has 0 radical (unpaired) electrons. The Hall–Kier alpha value is -4.03. The van der Waals surface area contributed by atoms with Crippen LogP contribution >= 0.6 is 0 Å². The third-order valence-electron chi connectivity index (χ3n) is 5.40. The van der Waals surface area contributed by atoms with Gasteiger partial charge >= 0.3 is 0 Å². The number of fused-ring (bicyclic) bond motifs is 4. The van der Waals surface area contributed by atoms with E-state index in [1.54, 1.807) is 12.3 Å². The smallest absolute Gasteiger partial charge is 0.227 e. The average molecular weight is 365 g/mol. The van der Waals surface area contributed by atoms with Crippen LogP contribution < -0.4 is 9.80 Å². The number of furan rings is 1. The van der Waals surface area contributed by atoms with Gasteiger partial charge in [0.25, 0.3) is 0 Å². The van der Waals surface area contributed by atoms with Crippen LogP contribution in [0.2, 0.25) is 0 Å². The van der Waals surface area contributed by atoms with Gasteiger partial charge in [-0.15, -0.1) is 0 Å². The zero-order valence-electron chi connectivity index (χ0n) is 15.3. The maximum atomic E-state index is 9.62. The zero-order valence-corrected chi connectivity index (χ0v) is 15.3. The standard InChI is InChI=1S/C22H15N5O/c1-13-26(2)20-15(12-24)9-14(11-23)10-19(20)27(13)18-7-3-5-16-17-6-4-8-25-22(17)28-21(16)18/h3-10,13H,1-2H3/t13-/m0/s1. The maximum absolute atomic E-state index is 9.62. The van der Waals surface area contributed by atoms with E-state index in [4.69, 9.17) is 4.42 Å². The topological polar surface area (TPSA) is 80.1 Å². The molecular weight excluding hydrogens is 350 g/mol. The molecule has 28 heavy (non-hydrogen) atoms. The van der Waals surface area contributed by atoms with Gasteiger partial charge in [-0.3, -0.25) is 0 Å². The van der Waals surface area contributed by atoms with Crippen LogP contribution in [0.25, 0.3) is 22.1 Å². The lowest BCUT2D eigenvalue weighted by Crippen LogP contribution is -2.35. The number of nitrogens with zero attached hydrogens (tertiary/aromatic N) is 5. The number of aromatic nitrogens is 1. The van der Waals surface area contributed by atoms with Crippen LogP contribution in [-0.4, -0.2) is 18.2 Å². The predicted molar refractivity (Wildman–Crippen MR) is 107 cm³/mol. The summed E-state index contributed by atoms with van der Waals surface area (Å²) in [4.78, 5) is 8.50. The van der Waals surface area contributed by atoms with Crippen molar-refractivity contribution < 1.29 is 4.42 Å². The van der Waals surface area contributed by atoms with E-state index >= 15 is 0 Å². The van der Waals surface area contributed by atoms with Gasteiger partial charge < -0.3 is 14.2 Å². The molecule has 0 saturated heterocycles. The molecule has 4 aromatic rings. The van der Waals surface area contributed by atoms with E-state index in [9.17, 15) is 10.5 Å². The van der Waals surface area contributed by atoms with E-state index < -0.39 is 0 Å². The van der Waals surface area contributed by atoms with E-state index in [1.807, 2.05) is 43.4 Å². The molecule has 2 aromatic heterocycles. The van der Waals surface area contributed by atoms with Crippen molar-refractivity contribution in [2.75, 3.05) is 16.8 Å². The molecule has 0 saturated carbocycles. The molecule has 134 valence electrons. The highest BCUT2D eigenvalue weighted by Gasteiger charge is 2.35. The molecule has 1 atom stereocenters. The Bertz CT molecular complexity index is 1340. The van der Waals surface area contributed by atoms with Crippen LogP contribution in [0, 0.1) is 22.7 Å². The highest BCUT2D eigenvalue weighted by molar-refractivity contribution is 6.09. The van der Waals surface area contributed by atoms with Gasteiger partial charge in [-0.25, -0.2) is 4.98 Å². The van der Waals surface area contributed by atoms with Gasteiger partial charge in [-0.1, -0.05) is 12.1 Å². The lowest BCUT2D eigenvalue weighted by molar-refractivity contribution is 0.649. The summed E-state index contributed by atoms with van der Waals surface area (Å²) in [6.07, 6.45) is 1.66. The van der Waals surface area contributed by atoms with Crippen molar-refractivity contribution in [3.8, 4) is 12.1 Å². The molecule has 0 fully saturated rings. The van der Waals surface area contributed by atoms with Crippen molar-refractivity contribution in [3.63, 3.8) is 0 Å². The molecule has 0 spiro atoms. The van der Waals surface area contributed by atoms with Crippen LogP contribution in [0.1, 0.15) is 18.1 Å². The second-order valence-corrected chi connectivity index (χ2v) is 6.84. The first-order valence-electron chi connectivity index (χ1n) is 8.90. The Morgan fingerprint density at radius 1 is 1.04 bits per heavy atom. The summed E-state index contributed by atoms with van der Waals surface area (Å²) in [7, 11) is 1.96. The van der Waals surface area contributed by atoms with E-state index in [2.05, 4.69) is 33.8 Å². The summed E-state index contributed by atoms with van der Waals surface area (Å²) in [6, 6.07) is 17.7. The molecule has 6 heteroatoms. The van der Waals surface area contributed by atoms with Crippen molar-refractivity contribution >= 4 is 39.1 Å². The molecule has 5 rings (SSSR count). The summed E-state index contributed by atoms with van der Waals surface area (Å²) < 4.78 is 6.11. The van der Waals surface area contributed by atoms with Crippen molar-refractivity contribution in [1.29, 1.82) is 10.5 Å². The average Bonchev–Trinajstić information content (AvgIpc) is 3.23. The number of benzene rings is 2. The number of rotatable bonds is 1. The Balaban J connectivity index is 1.83. The summed E-state index contributed by atoms with van der Waals surface area (Å²) >= 11 is 0. The highest BCUT2D eigenvalue weighted by Crippen LogP contribution is 2.48. The monoisotopic (exact) mass is 365 g/mol. The summed E-state index contributed by atoms with van der Waals surface area (Å²) in [5, 5.41) is 21.0. The van der Waals surface area contributed by atoms with Gasteiger partial charge in [-0.2, -0.15) is 10.5 Å². The normalized spacial score (nSPS) is 15.6. The first-order chi connectivity index (χ1) is 13.6. The SMILES string of the molecule is C[C@H]1N(C)c2c(C#N)cc(C#N)cc2N1c1cccc2c1oc1ncccc12. The van der Waals surface area contributed by atoms with E-state index in [-0.39, 0.29) is 6.17 Å². The largest absolute Gasteiger partial charge is 0.436 e. The quantitative estimate of drug-likeness (QED) is 0.488. The van der Waals surface area contributed by atoms with Crippen molar-refractivity contribution in [1.82, 2.24) is 4.98 Å². The lowest BCUT2D eigenvalue weighted by Gasteiger charge is -2.27. The summed E-state index contributed by atoms with van der Waals surface area (Å²) in [6.45, 7) is 2.06. The van der Waals surface area contributed by atoms with Crippen molar-refractivity contribution in [2.45, 2.75) is 13.1 Å². The van der Waals surface area contributed by atoms with Crippen LogP contribution in [0.4, 0.5) is 17.1 Å². The number of hydrogen-bond donors (Lipinski definition) is 0. The molecule has 1 aliphatic rings. The van der Waals surface area contributed by atoms with Crippen molar-refractivity contribution in [2.24, 2.45) is 0 Å². The Labute approximate surface area is 161 Å². The minimum absolute atomic E-state index is 0.0529. The van der Waals surface area contributed by atoms with Crippen molar-refractivity contribution in [3.05, 3.63) is 59.8 Å². The minimum Gasteiger partial charge on any atom is -0.436 e. The molecule has 6 nitrogen and oxygen atoms in total. The third kappa shape index (κ3) is 2.03. The van der Waals surface area contributed by atoms with Gasteiger partial charge in [0.05, 0.1) is 34.3 Å². The van der Waals surface area contributed by atoms with Gasteiger partial charge in [0.2, 0.25) is 5.71 Å². The van der Waals surface area contributed by atoms with E-state index in [0.29, 0.717) is 16.8 Å². The predicted octanol–water partition coefficient (Wildman–Crippen LogP) is 4.66. The molecular formula is C22H15N5O. The van der Waals surface area contributed by atoms with Gasteiger partial charge in [0, 0.05) is 24.0 Å². The molecule has 0 unspecified atom stereocenters. The molecule has 1 aliphatic heterocycles. The fourth-order valence-electron chi connectivity index (χ4n) is 4.02. The zero-order chi connectivity index (χ0) is 19.4. The van der Waals surface area contributed by atoms with Crippen LogP contribution in [0.5, 0.6) is 0 Å². The summed E-state index contributed by atoms with van der Waals surface area (Å²) in [5.41, 5.74) is 4.81. The molecule has 0 bridgehead atoms. The number of anilines is 3. The van der Waals surface area contributed by atoms with E-state index in [0.717, 1.165) is 33.4 Å².